The van der Waals surface area contributed by atoms with Gasteiger partial charge < -0.3 is 75.1 Å². The van der Waals surface area contributed by atoms with Gasteiger partial charge in [-0.2, -0.15) is 0 Å². The molecule has 0 saturated heterocycles. The molecule has 9 N–H and O–H groups in total. The minimum Gasteiger partial charge on any atom is -0.507 e. The highest BCUT2D eigenvalue weighted by atomic mass is 31.2. The number of hydrogen-bond donors (Lipinski definition) is 9. The summed E-state index contributed by atoms with van der Waals surface area (Å²) in [5, 5.41) is 43.4. The van der Waals surface area contributed by atoms with Crippen molar-refractivity contribution in [1.82, 2.24) is 0 Å². The smallest absolute Gasteiger partial charge is 0.507 e. The summed E-state index contributed by atoms with van der Waals surface area (Å²) in [4.78, 5) is 107. The van der Waals surface area contributed by atoms with E-state index in [4.69, 9.17) is 45.7 Å². The molecule has 95 heavy (non-hydrogen) atoms. The summed E-state index contributed by atoms with van der Waals surface area (Å²) in [5.41, 5.74) is -6.10. The van der Waals surface area contributed by atoms with Crippen LogP contribution in [0.5, 0.6) is 69.0 Å². The van der Waals surface area contributed by atoms with Crippen molar-refractivity contribution in [2.24, 2.45) is 0 Å². The normalized spacial score (nSPS) is 11.9. The Morgan fingerprint density at radius 3 is 0.989 bits per heavy atom. The third-order valence-corrected chi connectivity index (χ3v) is 16.3. The molecule has 0 saturated carbocycles. The maximum Gasteiger partial charge on any atom is 0.584 e. The number of phosphoric ester groups is 3. The Morgan fingerprint density at radius 1 is 0.326 bits per heavy atom. The molecule has 0 aliphatic carbocycles. The first-order chi connectivity index (χ1) is 45.1. The first-order valence-corrected chi connectivity index (χ1v) is 31.8. The van der Waals surface area contributed by atoms with Crippen LogP contribution in [0.25, 0.3) is 111 Å². The minimum absolute atomic E-state index is 0.0207. The van der Waals surface area contributed by atoms with Crippen LogP contribution < -0.4 is 58.8 Å². The van der Waals surface area contributed by atoms with Crippen LogP contribution in [0.1, 0.15) is 0 Å². The molecule has 4 heterocycles. The summed E-state index contributed by atoms with van der Waals surface area (Å²) in [5.74, 6) is -6.36. The van der Waals surface area contributed by atoms with E-state index in [-0.39, 0.29) is 67.9 Å². The number of ether oxygens (including phenoxy) is 4. The minimum atomic E-state index is -5.99. The molecule has 0 amide bonds. The fraction of sp³-hybridized carbons (Fsp3) is 0.0625. The van der Waals surface area contributed by atoms with Crippen molar-refractivity contribution >= 4 is 67.3 Å². The number of fused-ring (bicyclic) bond motifs is 4. The van der Waals surface area contributed by atoms with Crippen molar-refractivity contribution in [3.8, 4) is 137 Å². The fourth-order valence-corrected chi connectivity index (χ4v) is 12.1. The van der Waals surface area contributed by atoms with Gasteiger partial charge in [-0.25, -0.2) is 13.7 Å². The summed E-state index contributed by atoms with van der Waals surface area (Å²) in [6.07, 6.45) is 0. The third-order valence-electron chi connectivity index (χ3n) is 14.6. The highest BCUT2D eigenvalue weighted by Gasteiger charge is 2.35. The number of hydrogen-bond acceptors (Lipinski definition) is 23. The predicted octanol–water partition coefficient (Wildman–Crippen LogP) is 11.5. The van der Waals surface area contributed by atoms with Gasteiger partial charge >= 0.3 is 23.5 Å². The van der Waals surface area contributed by atoms with Crippen molar-refractivity contribution < 1.29 is 113 Å². The summed E-state index contributed by atoms with van der Waals surface area (Å²) >= 11 is 0. The second kappa shape index (κ2) is 24.3. The number of methoxy groups -OCH3 is 4. The Labute approximate surface area is 530 Å². The van der Waals surface area contributed by atoms with Gasteiger partial charge in [-0.1, -0.05) is 0 Å². The predicted molar refractivity (Wildman–Crippen MR) is 339 cm³/mol. The Balaban J connectivity index is 1.08. The van der Waals surface area contributed by atoms with E-state index in [1.807, 2.05) is 0 Å². The molecule has 0 radical (unpaired) electrons. The summed E-state index contributed by atoms with van der Waals surface area (Å²) in [6, 6.07) is 29.3. The monoisotopic (exact) mass is 1350 g/mol. The van der Waals surface area contributed by atoms with Gasteiger partial charge in [-0.05, 0) is 84.9 Å². The second-order valence-electron chi connectivity index (χ2n) is 20.6. The number of phenols is 4. The van der Waals surface area contributed by atoms with Gasteiger partial charge in [0.2, 0.25) is 0 Å². The lowest BCUT2D eigenvalue weighted by Crippen LogP contribution is -2.07. The molecule has 31 heteroatoms. The zero-order valence-corrected chi connectivity index (χ0v) is 51.7. The van der Waals surface area contributed by atoms with Crippen molar-refractivity contribution in [1.29, 1.82) is 0 Å². The van der Waals surface area contributed by atoms with E-state index >= 15 is 4.57 Å². The maximum atomic E-state index is 15.4. The molecule has 484 valence electrons. The summed E-state index contributed by atoms with van der Waals surface area (Å²) in [7, 11) is -11.1. The summed E-state index contributed by atoms with van der Waals surface area (Å²) < 4.78 is 108. The van der Waals surface area contributed by atoms with Crippen molar-refractivity contribution in [3.63, 3.8) is 0 Å². The van der Waals surface area contributed by atoms with Crippen LogP contribution in [0.2, 0.25) is 0 Å². The summed E-state index contributed by atoms with van der Waals surface area (Å²) in [6.45, 7) is 0. The fourth-order valence-electron chi connectivity index (χ4n) is 10.6. The molecule has 12 rings (SSSR count). The Bertz CT molecular complexity index is 5230. The number of aromatic hydroxyl groups is 4. The number of rotatable bonds is 18. The quantitative estimate of drug-likeness (QED) is 0.0360. The van der Waals surface area contributed by atoms with Crippen molar-refractivity contribution in [3.05, 3.63) is 186 Å². The molecule has 0 spiro atoms. The average Bonchev–Trinajstić information content (AvgIpc) is 0.757. The van der Waals surface area contributed by atoms with Gasteiger partial charge in [0.25, 0.3) is 0 Å². The van der Waals surface area contributed by atoms with E-state index in [0.29, 0.717) is 11.5 Å². The largest absolute Gasteiger partial charge is 0.584 e. The maximum absolute atomic E-state index is 15.4. The topological polar surface area (TPSA) is 428 Å². The molecule has 0 aliphatic heterocycles. The van der Waals surface area contributed by atoms with Crippen LogP contribution in [0.4, 0.5) is 0 Å². The highest BCUT2D eigenvalue weighted by Crippen LogP contribution is 2.56. The molecule has 12 aromatic rings. The molecule has 4 aromatic heterocycles. The molecule has 0 aliphatic rings. The second-order valence-corrected chi connectivity index (χ2v) is 24.2. The molecular formula is C64H45O28P3. The Morgan fingerprint density at radius 2 is 0.653 bits per heavy atom. The molecule has 28 nitrogen and oxygen atoms in total. The van der Waals surface area contributed by atoms with Crippen LogP contribution in [-0.2, 0) is 13.7 Å². The van der Waals surface area contributed by atoms with E-state index in [0.717, 1.165) is 60.7 Å². The van der Waals surface area contributed by atoms with E-state index < -0.39 is 146 Å². The molecule has 0 unspecified atom stereocenters. The van der Waals surface area contributed by atoms with Crippen molar-refractivity contribution in [2.45, 2.75) is 0 Å². The first-order valence-electron chi connectivity index (χ1n) is 27.3. The standard InChI is InChI=1S/C64H45O28P3/c1-81-33-11-5-29(6-12-33)49-25-43(69)61-45(71)27-55(57(63(61)87-49)37-17-31(9-15-47(37)83-3)51-23-41(67)59-39(65)19-35(21-53(59)85-51)89-93(73,74)75)91-95(79,80)92-56-28-46(72)62-44(70)26-50(30-7-13-34(82-2)14-8-30)88-64(62)58(56)38-18-32(10-16-48(38)84-4)52-24-42(68)60-40(66)20-36(22-54(60)86-52)90-94(76,77)78/h5-28,65-66,71-72H,1-4H3,(H,79,80)(H2,73,74,75)(H2,76,77,78). The van der Waals surface area contributed by atoms with Crippen LogP contribution in [-0.4, -0.2) is 73.3 Å². The Hall–Kier alpha value is -11.3. The third kappa shape index (κ3) is 12.6. The first kappa shape index (κ1) is 63.8. The molecule has 8 aromatic carbocycles. The van der Waals surface area contributed by atoms with E-state index in [2.05, 4.69) is 9.05 Å². The van der Waals surface area contributed by atoms with E-state index in [1.165, 1.54) is 89.1 Å². The van der Waals surface area contributed by atoms with Gasteiger partial charge in [-0.3, -0.25) is 43.6 Å². The molecule has 0 atom stereocenters. The lowest BCUT2D eigenvalue weighted by Gasteiger charge is -2.22. The zero-order valence-electron chi connectivity index (χ0n) is 49.0. The lowest BCUT2D eigenvalue weighted by atomic mass is 9.96. The van der Waals surface area contributed by atoms with Gasteiger partial charge in [-0.15, -0.1) is 0 Å². The average molecular weight is 1350 g/mol. The number of benzene rings is 8. The molecule has 0 bridgehead atoms. The molecule has 0 fully saturated rings. The molecular weight excluding hydrogens is 1310 g/mol. The van der Waals surface area contributed by atoms with Gasteiger partial charge in [0, 0.05) is 94.0 Å². The van der Waals surface area contributed by atoms with E-state index in [1.54, 1.807) is 24.3 Å². The number of phenolic OH excluding ortho intramolecular Hbond substituents is 4. The van der Waals surface area contributed by atoms with Crippen LogP contribution >= 0.6 is 23.5 Å². The lowest BCUT2D eigenvalue weighted by molar-refractivity contribution is 0.280. The SMILES string of the molecule is COc1ccc(-c2cc(=O)c3c(O)cc(OP(=O)(O)Oc4cc(O)c5c(=O)cc(-c6ccc(OC)cc6)oc5c4-c4cc(-c5cc(=O)c6c(O)cc(OP(=O)(O)O)cc6o5)ccc4OC)c(-c4cc(-c5cc(=O)c6c(O)cc(OP(=O)(O)O)cc6o5)ccc4OC)c3o2)cc1. The Kier molecular flexibility index (Phi) is 16.3. The van der Waals surface area contributed by atoms with Crippen molar-refractivity contribution in [2.75, 3.05) is 28.4 Å². The van der Waals surface area contributed by atoms with Gasteiger partial charge in [0.15, 0.2) is 32.9 Å². The zero-order chi connectivity index (χ0) is 67.7. The van der Waals surface area contributed by atoms with Gasteiger partial charge in [0.1, 0.15) is 125 Å². The van der Waals surface area contributed by atoms with Gasteiger partial charge in [0.05, 0.1) is 39.6 Å². The highest BCUT2D eigenvalue weighted by molar-refractivity contribution is 7.48. The van der Waals surface area contributed by atoms with Crippen LogP contribution in [0.3, 0.4) is 0 Å². The van der Waals surface area contributed by atoms with E-state index in [9.17, 15) is 73.2 Å². The number of phosphoric acid groups is 3. The van der Waals surface area contributed by atoms with Crippen LogP contribution in [0.15, 0.2) is 182 Å². The van der Waals surface area contributed by atoms with Crippen LogP contribution in [0, 0.1) is 0 Å².